The lowest BCUT2D eigenvalue weighted by atomic mass is 9.98. The van der Waals surface area contributed by atoms with Crippen LogP contribution in [0.3, 0.4) is 0 Å². The van der Waals surface area contributed by atoms with E-state index in [0.29, 0.717) is 0 Å². The quantitative estimate of drug-likeness (QED) is 0.579. The normalized spacial score (nSPS) is 11.4. The Bertz CT molecular complexity index is 628. The molecule has 0 bridgehead atoms. The molecular weight excluding hydrogens is 288 g/mol. The first-order valence-corrected chi connectivity index (χ1v) is 7.55. The number of halogens is 1. The molecule has 20 heavy (non-hydrogen) atoms. The van der Waals surface area contributed by atoms with Crippen molar-refractivity contribution in [3.05, 3.63) is 40.8 Å². The highest BCUT2D eigenvalue weighted by atomic mass is 35.5. The number of hydrogen-bond acceptors (Lipinski definition) is 2. The summed E-state index contributed by atoms with van der Waals surface area (Å²) >= 11 is 1.59. The summed E-state index contributed by atoms with van der Waals surface area (Å²) in [5.41, 5.74) is 8.27. The molecule has 0 spiro atoms. The van der Waals surface area contributed by atoms with Gasteiger partial charge in [-0.1, -0.05) is 38.5 Å². The molecule has 0 fully saturated rings. The fourth-order valence-corrected chi connectivity index (χ4v) is 3.19. The molecule has 0 atom stereocenters. The number of nitrogens with two attached hydrogens (primary N) is 1. The van der Waals surface area contributed by atoms with E-state index in [1.54, 1.807) is 11.3 Å². The Morgan fingerprint density at radius 2 is 2.10 bits per heavy atom. The maximum absolute atomic E-state index is 7.57. The van der Waals surface area contributed by atoms with Gasteiger partial charge in [0.1, 0.15) is 5.84 Å². The Morgan fingerprint density at radius 1 is 1.35 bits per heavy atom. The monoisotopic (exact) mass is 308 g/mol. The van der Waals surface area contributed by atoms with Crippen LogP contribution >= 0.6 is 23.7 Å². The number of fused-ring (bicyclic) bond motifs is 1. The number of thiophene rings is 1. The van der Waals surface area contributed by atoms with Gasteiger partial charge in [0, 0.05) is 10.1 Å². The van der Waals surface area contributed by atoms with E-state index in [4.69, 9.17) is 11.1 Å². The van der Waals surface area contributed by atoms with Crippen molar-refractivity contribution < 1.29 is 0 Å². The van der Waals surface area contributed by atoms with Crippen LogP contribution in [0.5, 0.6) is 0 Å². The zero-order chi connectivity index (χ0) is 13.8. The largest absolute Gasteiger partial charge is 0.383 e. The van der Waals surface area contributed by atoms with Gasteiger partial charge in [0.25, 0.3) is 0 Å². The molecule has 0 aliphatic heterocycles. The van der Waals surface area contributed by atoms with Crippen LogP contribution in [0.25, 0.3) is 15.7 Å². The van der Waals surface area contributed by atoms with Crippen LogP contribution in [0.4, 0.5) is 0 Å². The summed E-state index contributed by atoms with van der Waals surface area (Å²) in [7, 11) is 0. The van der Waals surface area contributed by atoms with Gasteiger partial charge in [-0.2, -0.15) is 0 Å². The van der Waals surface area contributed by atoms with Crippen LogP contribution in [-0.2, 0) is 0 Å². The van der Waals surface area contributed by atoms with Gasteiger partial charge in [0.15, 0.2) is 0 Å². The molecule has 0 aliphatic carbocycles. The van der Waals surface area contributed by atoms with Gasteiger partial charge in [0.05, 0.1) is 4.88 Å². The van der Waals surface area contributed by atoms with Crippen LogP contribution in [0.1, 0.15) is 43.6 Å². The maximum Gasteiger partial charge on any atom is 0.133 e. The highest BCUT2D eigenvalue weighted by Gasteiger charge is 2.09. The minimum Gasteiger partial charge on any atom is -0.383 e. The number of allylic oxidation sites excluding steroid dienone is 2. The van der Waals surface area contributed by atoms with E-state index in [1.165, 1.54) is 27.6 Å². The molecule has 1 aromatic carbocycles. The Morgan fingerprint density at radius 3 is 2.70 bits per heavy atom. The standard InChI is InChI=1S/C16H20N2S.ClH/c1-3-5-7-11(4-2)12-8-6-9-14-13(12)10-15(19-14)16(17)18;/h6-10H,3-5H2,1-2H3,(H3,17,18);1H/b11-7+;. The SMILES string of the molecule is CCC/C=C(\CC)c1cccc2sc(C(=N)N)cc12.Cl. The van der Waals surface area contributed by atoms with Crippen molar-refractivity contribution in [2.24, 2.45) is 5.73 Å². The summed E-state index contributed by atoms with van der Waals surface area (Å²) in [6, 6.07) is 8.41. The first kappa shape index (κ1) is 16.7. The third kappa shape index (κ3) is 3.41. The Labute approximate surface area is 130 Å². The molecule has 0 saturated carbocycles. The van der Waals surface area contributed by atoms with Gasteiger partial charge in [0.2, 0.25) is 0 Å². The van der Waals surface area contributed by atoms with E-state index < -0.39 is 0 Å². The van der Waals surface area contributed by atoms with Crippen molar-refractivity contribution in [2.45, 2.75) is 33.1 Å². The number of amidine groups is 1. The Hall–Kier alpha value is -1.32. The van der Waals surface area contributed by atoms with Gasteiger partial charge in [-0.25, -0.2) is 0 Å². The van der Waals surface area contributed by atoms with Crippen molar-refractivity contribution in [2.75, 3.05) is 0 Å². The molecule has 2 aromatic rings. The zero-order valence-corrected chi connectivity index (χ0v) is 13.5. The predicted octanol–water partition coefficient (Wildman–Crippen LogP) is 5.20. The Balaban J connectivity index is 0.00000200. The third-order valence-electron chi connectivity index (χ3n) is 3.23. The topological polar surface area (TPSA) is 49.9 Å². The molecule has 4 heteroatoms. The summed E-state index contributed by atoms with van der Waals surface area (Å²) in [5, 5.41) is 8.80. The average Bonchev–Trinajstić information content (AvgIpc) is 2.84. The molecule has 0 aliphatic rings. The summed E-state index contributed by atoms with van der Waals surface area (Å²) < 4.78 is 1.21. The first-order chi connectivity index (χ1) is 9.17. The first-order valence-electron chi connectivity index (χ1n) is 6.73. The van der Waals surface area contributed by atoms with Crippen molar-refractivity contribution in [1.82, 2.24) is 0 Å². The van der Waals surface area contributed by atoms with Crippen LogP contribution in [0, 0.1) is 5.41 Å². The van der Waals surface area contributed by atoms with Crippen LogP contribution in [0.2, 0.25) is 0 Å². The number of unbranched alkanes of at least 4 members (excludes halogenated alkanes) is 1. The van der Waals surface area contributed by atoms with Crippen molar-refractivity contribution in [1.29, 1.82) is 5.41 Å². The molecule has 0 radical (unpaired) electrons. The van der Waals surface area contributed by atoms with Gasteiger partial charge in [-0.3, -0.25) is 5.41 Å². The fraction of sp³-hybridized carbons (Fsp3) is 0.312. The lowest BCUT2D eigenvalue weighted by molar-refractivity contribution is 0.955. The van der Waals surface area contributed by atoms with Crippen LogP contribution in [0.15, 0.2) is 30.3 Å². The van der Waals surface area contributed by atoms with E-state index in [0.717, 1.165) is 17.7 Å². The van der Waals surface area contributed by atoms with Gasteiger partial charge < -0.3 is 5.73 Å². The predicted molar refractivity (Wildman–Crippen MR) is 93.3 cm³/mol. The van der Waals surface area contributed by atoms with Crippen LogP contribution in [-0.4, -0.2) is 5.84 Å². The summed E-state index contributed by atoms with van der Waals surface area (Å²) in [5.74, 6) is 0.155. The minimum atomic E-state index is 0. The smallest absolute Gasteiger partial charge is 0.133 e. The van der Waals surface area contributed by atoms with Crippen molar-refractivity contribution >= 4 is 45.2 Å². The molecule has 3 N–H and O–H groups in total. The number of nitrogen functional groups attached to an aromatic ring is 1. The molecule has 108 valence electrons. The minimum absolute atomic E-state index is 0. The molecule has 1 heterocycles. The maximum atomic E-state index is 7.57. The van der Waals surface area contributed by atoms with Crippen molar-refractivity contribution in [3.63, 3.8) is 0 Å². The molecule has 2 rings (SSSR count). The average molecular weight is 309 g/mol. The van der Waals surface area contributed by atoms with E-state index >= 15 is 0 Å². The second kappa shape index (κ2) is 7.46. The summed E-state index contributed by atoms with van der Waals surface area (Å²) in [4.78, 5) is 0.855. The second-order valence-electron chi connectivity index (χ2n) is 4.61. The van der Waals surface area contributed by atoms with E-state index in [2.05, 4.69) is 38.1 Å². The highest BCUT2D eigenvalue weighted by Crippen LogP contribution is 2.33. The molecule has 0 unspecified atom stereocenters. The second-order valence-corrected chi connectivity index (χ2v) is 5.70. The molecular formula is C16H21ClN2S. The molecule has 0 amide bonds. The van der Waals surface area contributed by atoms with E-state index in [-0.39, 0.29) is 18.2 Å². The lowest BCUT2D eigenvalue weighted by Crippen LogP contribution is -2.08. The van der Waals surface area contributed by atoms with Gasteiger partial charge in [-0.05, 0) is 36.1 Å². The zero-order valence-electron chi connectivity index (χ0n) is 11.9. The summed E-state index contributed by atoms with van der Waals surface area (Å²) in [6.45, 7) is 4.39. The number of benzene rings is 1. The Kier molecular flexibility index (Phi) is 6.24. The third-order valence-corrected chi connectivity index (χ3v) is 4.37. The highest BCUT2D eigenvalue weighted by molar-refractivity contribution is 7.20. The lowest BCUT2D eigenvalue weighted by Gasteiger charge is -2.07. The van der Waals surface area contributed by atoms with Crippen LogP contribution < -0.4 is 5.73 Å². The number of nitrogens with one attached hydrogen (secondary N) is 1. The van der Waals surface area contributed by atoms with Gasteiger partial charge in [-0.15, -0.1) is 23.7 Å². The molecule has 1 aromatic heterocycles. The fourth-order valence-electron chi connectivity index (χ4n) is 2.24. The van der Waals surface area contributed by atoms with Gasteiger partial charge >= 0.3 is 0 Å². The van der Waals surface area contributed by atoms with E-state index in [9.17, 15) is 0 Å². The van der Waals surface area contributed by atoms with Crippen molar-refractivity contribution in [3.8, 4) is 0 Å². The number of hydrogen-bond donors (Lipinski definition) is 2. The summed E-state index contributed by atoms with van der Waals surface area (Å²) in [6.07, 6.45) is 5.65. The molecule has 2 nitrogen and oxygen atoms in total. The molecule has 0 saturated heterocycles. The van der Waals surface area contributed by atoms with E-state index in [1.807, 2.05) is 6.07 Å². The number of rotatable bonds is 5.